The van der Waals surface area contributed by atoms with Crippen molar-refractivity contribution in [3.05, 3.63) is 72.3 Å². The van der Waals surface area contributed by atoms with E-state index in [4.69, 9.17) is 14.5 Å². The Kier molecular flexibility index (Phi) is 10.4. The molecule has 1 aromatic heterocycles. The van der Waals surface area contributed by atoms with E-state index in [1.54, 1.807) is 61.6 Å². The fourth-order valence-electron chi connectivity index (χ4n) is 4.08. The lowest BCUT2D eigenvalue weighted by Gasteiger charge is -2.22. The van der Waals surface area contributed by atoms with Gasteiger partial charge in [0.15, 0.2) is 5.13 Å². The summed E-state index contributed by atoms with van der Waals surface area (Å²) in [5, 5.41) is 0.511. The maximum absolute atomic E-state index is 13.8. The van der Waals surface area contributed by atoms with Gasteiger partial charge in [-0.05, 0) is 75.6 Å². The molecule has 0 saturated carbocycles. The molecule has 0 aliphatic heterocycles. The number of ether oxygens (including phenoxy) is 2. The molecule has 1 heterocycles. The molecule has 0 aliphatic rings. The van der Waals surface area contributed by atoms with Crippen molar-refractivity contribution < 1.29 is 22.7 Å². The van der Waals surface area contributed by atoms with Crippen molar-refractivity contribution in [1.82, 2.24) is 9.88 Å². The second-order valence-corrected chi connectivity index (χ2v) is 12.0. The van der Waals surface area contributed by atoms with Crippen molar-refractivity contribution in [3.63, 3.8) is 0 Å². The van der Waals surface area contributed by atoms with Crippen LogP contribution >= 0.6 is 23.7 Å². The van der Waals surface area contributed by atoms with Crippen molar-refractivity contribution in [2.75, 3.05) is 57.7 Å². The van der Waals surface area contributed by atoms with Gasteiger partial charge in [0.2, 0.25) is 0 Å². The first-order chi connectivity index (χ1) is 18.7. The highest BCUT2D eigenvalue weighted by molar-refractivity contribution is 7.92. The fraction of sp³-hybridized carbons (Fsp3) is 0.286. The van der Waals surface area contributed by atoms with E-state index in [1.165, 1.54) is 34.8 Å². The Morgan fingerprint density at radius 2 is 1.50 bits per heavy atom. The average Bonchev–Trinajstić information content (AvgIpc) is 3.39. The summed E-state index contributed by atoms with van der Waals surface area (Å²) < 4.78 is 39.4. The zero-order valence-corrected chi connectivity index (χ0v) is 25.5. The molecule has 0 unspecified atom stereocenters. The second kappa shape index (κ2) is 13.3. The quantitative estimate of drug-likeness (QED) is 0.233. The van der Waals surface area contributed by atoms with E-state index in [1.807, 2.05) is 26.2 Å². The molecule has 4 aromatic rings. The number of fused-ring (bicyclic) bond motifs is 1. The third-order valence-electron chi connectivity index (χ3n) is 6.24. The number of benzene rings is 3. The highest BCUT2D eigenvalue weighted by Crippen LogP contribution is 2.40. The summed E-state index contributed by atoms with van der Waals surface area (Å²) in [5.41, 5.74) is 1.53. The van der Waals surface area contributed by atoms with Crippen LogP contribution in [0.4, 0.5) is 10.8 Å². The summed E-state index contributed by atoms with van der Waals surface area (Å²) in [7, 11) is 4.83. The van der Waals surface area contributed by atoms with Gasteiger partial charge >= 0.3 is 0 Å². The standard InChI is InChI=1S/C28H32N4O5S2.ClH/c1-30(2)18-9-19-32(28-29-25-23(36-4)16-17-24(37-5)26(25)38-28)27(33)20-12-14-22(15-13-20)39(34,35)31(3)21-10-7-6-8-11-21;/h6-8,10-17H,9,18-19H2,1-5H3;1H. The summed E-state index contributed by atoms with van der Waals surface area (Å²) >= 11 is 1.35. The van der Waals surface area contributed by atoms with E-state index in [-0.39, 0.29) is 23.2 Å². The summed E-state index contributed by atoms with van der Waals surface area (Å²) in [4.78, 5) is 22.3. The van der Waals surface area contributed by atoms with E-state index in [9.17, 15) is 13.2 Å². The van der Waals surface area contributed by atoms with Crippen molar-refractivity contribution >= 4 is 60.7 Å². The molecule has 40 heavy (non-hydrogen) atoms. The SMILES string of the molecule is COc1ccc(OC)c2sc(N(CCCN(C)C)C(=O)c3ccc(S(=O)(=O)N(C)c4ccccc4)cc3)nc12.Cl. The molecule has 0 spiro atoms. The highest BCUT2D eigenvalue weighted by Gasteiger charge is 2.25. The van der Waals surface area contributed by atoms with Crippen molar-refractivity contribution in [2.24, 2.45) is 0 Å². The number of carbonyl (C=O) groups excluding carboxylic acids is 1. The van der Waals surface area contributed by atoms with Crippen LogP contribution in [0.25, 0.3) is 10.2 Å². The number of aromatic nitrogens is 1. The van der Waals surface area contributed by atoms with Crippen LogP contribution < -0.4 is 18.7 Å². The lowest BCUT2D eigenvalue weighted by atomic mass is 10.2. The van der Waals surface area contributed by atoms with E-state index in [2.05, 4.69) is 4.90 Å². The second-order valence-electron chi connectivity index (χ2n) is 9.09. The van der Waals surface area contributed by atoms with Crippen molar-refractivity contribution in [1.29, 1.82) is 0 Å². The molecule has 9 nitrogen and oxygen atoms in total. The topological polar surface area (TPSA) is 92.3 Å². The van der Waals surface area contributed by atoms with Gasteiger partial charge in [-0.1, -0.05) is 29.5 Å². The molecular weight excluding hydrogens is 572 g/mol. The van der Waals surface area contributed by atoms with Gasteiger partial charge in [0.05, 0.1) is 24.8 Å². The van der Waals surface area contributed by atoms with Crippen LogP contribution in [0.5, 0.6) is 11.5 Å². The number of anilines is 2. The Labute approximate surface area is 245 Å². The number of para-hydroxylation sites is 1. The smallest absolute Gasteiger partial charge is 0.264 e. The van der Waals surface area contributed by atoms with Crippen LogP contribution in [0, 0.1) is 0 Å². The number of thiazole rings is 1. The first-order valence-electron chi connectivity index (χ1n) is 12.3. The molecule has 3 aromatic carbocycles. The molecule has 0 saturated heterocycles. The summed E-state index contributed by atoms with van der Waals surface area (Å²) in [6.45, 7) is 1.21. The molecule has 214 valence electrons. The Morgan fingerprint density at radius 1 is 0.875 bits per heavy atom. The molecule has 0 bridgehead atoms. The van der Waals surface area contributed by atoms with Crippen LogP contribution in [0.15, 0.2) is 71.6 Å². The number of halogens is 1. The first kappa shape index (κ1) is 31.2. The lowest BCUT2D eigenvalue weighted by Crippen LogP contribution is -2.33. The van der Waals surface area contributed by atoms with Gasteiger partial charge in [0, 0.05) is 19.2 Å². The lowest BCUT2D eigenvalue weighted by molar-refractivity contribution is 0.0986. The Hall–Kier alpha value is -3.38. The molecule has 0 aliphatic carbocycles. The van der Waals surface area contributed by atoms with Crippen molar-refractivity contribution in [2.45, 2.75) is 11.3 Å². The molecule has 0 radical (unpaired) electrons. The largest absolute Gasteiger partial charge is 0.495 e. The normalized spacial score (nSPS) is 11.2. The highest BCUT2D eigenvalue weighted by atomic mass is 35.5. The minimum atomic E-state index is -3.80. The van der Waals surface area contributed by atoms with Gasteiger partial charge in [0.25, 0.3) is 15.9 Å². The predicted octanol–water partition coefficient (Wildman–Crippen LogP) is 5.16. The van der Waals surface area contributed by atoms with Gasteiger partial charge in [0.1, 0.15) is 21.7 Å². The molecule has 4 rings (SSSR count). The molecule has 12 heteroatoms. The first-order valence-corrected chi connectivity index (χ1v) is 14.5. The van der Waals surface area contributed by atoms with Gasteiger partial charge in [-0.15, -0.1) is 12.4 Å². The minimum absolute atomic E-state index is 0. The van der Waals surface area contributed by atoms with Crippen molar-refractivity contribution in [3.8, 4) is 11.5 Å². The zero-order valence-electron chi connectivity index (χ0n) is 23.0. The van der Waals surface area contributed by atoms with Gasteiger partial charge in [-0.3, -0.25) is 14.0 Å². The van der Waals surface area contributed by atoms with Crippen LogP contribution in [0.3, 0.4) is 0 Å². The van der Waals surface area contributed by atoms with E-state index in [0.29, 0.717) is 39.9 Å². The number of carbonyl (C=O) groups is 1. The maximum Gasteiger partial charge on any atom is 0.264 e. The zero-order chi connectivity index (χ0) is 28.2. The fourth-order valence-corrected chi connectivity index (χ4v) is 6.37. The summed E-state index contributed by atoms with van der Waals surface area (Å²) in [6.07, 6.45) is 0.720. The molecule has 1 amide bonds. The molecular formula is C28H33ClN4O5S2. The Balaban J connectivity index is 0.00000441. The maximum atomic E-state index is 13.8. The molecule has 0 N–H and O–H groups in total. The third-order valence-corrected chi connectivity index (χ3v) is 9.13. The molecule has 0 atom stereocenters. The number of methoxy groups -OCH3 is 2. The Bertz CT molecular complexity index is 1500. The summed E-state index contributed by atoms with van der Waals surface area (Å²) in [6, 6.07) is 18.4. The van der Waals surface area contributed by atoms with Crippen LogP contribution in [0.2, 0.25) is 0 Å². The van der Waals surface area contributed by atoms with Gasteiger partial charge < -0.3 is 14.4 Å². The minimum Gasteiger partial charge on any atom is -0.495 e. The van der Waals surface area contributed by atoms with E-state index in [0.717, 1.165) is 17.7 Å². The van der Waals surface area contributed by atoms with E-state index < -0.39 is 10.0 Å². The number of amides is 1. The van der Waals surface area contributed by atoms with Gasteiger partial charge in [-0.2, -0.15) is 0 Å². The van der Waals surface area contributed by atoms with Crippen LogP contribution in [0.1, 0.15) is 16.8 Å². The third kappa shape index (κ3) is 6.49. The average molecular weight is 605 g/mol. The van der Waals surface area contributed by atoms with E-state index >= 15 is 0 Å². The number of sulfonamides is 1. The van der Waals surface area contributed by atoms with Gasteiger partial charge in [-0.25, -0.2) is 13.4 Å². The van der Waals surface area contributed by atoms with Crippen LogP contribution in [-0.2, 0) is 10.0 Å². The number of hydrogen-bond acceptors (Lipinski definition) is 8. The number of rotatable bonds is 11. The molecule has 0 fully saturated rings. The Morgan fingerprint density at radius 3 is 2.10 bits per heavy atom. The summed E-state index contributed by atoms with van der Waals surface area (Å²) in [5.74, 6) is 0.963. The monoisotopic (exact) mass is 604 g/mol. The van der Waals surface area contributed by atoms with Crippen LogP contribution in [-0.4, -0.2) is 72.7 Å². The predicted molar refractivity (Wildman–Crippen MR) is 163 cm³/mol. The number of nitrogens with zero attached hydrogens (tertiary/aromatic N) is 4. The number of hydrogen-bond donors (Lipinski definition) is 0.